The molecule has 1 fully saturated rings. The predicted molar refractivity (Wildman–Crippen MR) is 80.5 cm³/mol. The van der Waals surface area contributed by atoms with Gasteiger partial charge in [-0.3, -0.25) is 0 Å². The molecule has 0 saturated carbocycles. The molecule has 0 spiro atoms. The van der Waals surface area contributed by atoms with E-state index >= 15 is 0 Å². The number of hydrogen-bond donors (Lipinski definition) is 1. The molecule has 0 aromatic heterocycles. The molecule has 1 aromatic carbocycles. The molecule has 0 amide bonds. The molecule has 1 aliphatic heterocycles. The first-order valence-corrected chi connectivity index (χ1v) is 7.80. The number of nitrogens with one attached hydrogen (secondary N) is 1. The Kier molecular flexibility index (Phi) is 5.99. The molecule has 0 radical (unpaired) electrons. The highest BCUT2D eigenvalue weighted by molar-refractivity contribution is 5.27. The van der Waals surface area contributed by atoms with Crippen LogP contribution in [0.2, 0.25) is 0 Å². The molecular weight excluding hydrogens is 253 g/mol. The minimum Gasteiger partial charge on any atom is -0.377 e. The van der Waals surface area contributed by atoms with Gasteiger partial charge in [-0.1, -0.05) is 13.0 Å². The van der Waals surface area contributed by atoms with Crippen molar-refractivity contribution in [2.24, 2.45) is 0 Å². The van der Waals surface area contributed by atoms with Crippen LogP contribution in [0.1, 0.15) is 43.7 Å². The van der Waals surface area contributed by atoms with Crippen molar-refractivity contribution in [3.8, 4) is 0 Å². The first kappa shape index (κ1) is 15.5. The summed E-state index contributed by atoms with van der Waals surface area (Å²) in [5.41, 5.74) is 2.25. The SMILES string of the molecule is CCCNC(Cc1cc(F)ccc1C)C1CCCCO1. The van der Waals surface area contributed by atoms with E-state index in [0.29, 0.717) is 0 Å². The average Bonchev–Trinajstić information content (AvgIpc) is 2.48. The summed E-state index contributed by atoms with van der Waals surface area (Å²) < 4.78 is 19.4. The van der Waals surface area contributed by atoms with Crippen LogP contribution in [0.4, 0.5) is 4.39 Å². The van der Waals surface area contributed by atoms with Crippen molar-refractivity contribution < 1.29 is 9.13 Å². The third kappa shape index (κ3) is 4.29. The summed E-state index contributed by atoms with van der Waals surface area (Å²) in [7, 11) is 0. The Morgan fingerprint density at radius 1 is 1.40 bits per heavy atom. The maximum atomic E-state index is 13.4. The van der Waals surface area contributed by atoms with Crippen molar-refractivity contribution in [2.75, 3.05) is 13.2 Å². The molecule has 2 unspecified atom stereocenters. The van der Waals surface area contributed by atoms with Gasteiger partial charge >= 0.3 is 0 Å². The zero-order chi connectivity index (χ0) is 14.4. The van der Waals surface area contributed by atoms with Crippen LogP contribution < -0.4 is 5.32 Å². The zero-order valence-corrected chi connectivity index (χ0v) is 12.6. The smallest absolute Gasteiger partial charge is 0.123 e. The average molecular weight is 279 g/mol. The van der Waals surface area contributed by atoms with Gasteiger partial charge in [-0.2, -0.15) is 0 Å². The highest BCUT2D eigenvalue weighted by atomic mass is 19.1. The van der Waals surface area contributed by atoms with E-state index in [2.05, 4.69) is 12.2 Å². The van der Waals surface area contributed by atoms with Gasteiger partial charge in [0.25, 0.3) is 0 Å². The molecule has 1 aliphatic rings. The lowest BCUT2D eigenvalue weighted by atomic mass is 9.94. The Morgan fingerprint density at radius 3 is 2.95 bits per heavy atom. The molecule has 20 heavy (non-hydrogen) atoms. The highest BCUT2D eigenvalue weighted by Crippen LogP contribution is 2.20. The lowest BCUT2D eigenvalue weighted by molar-refractivity contribution is -0.00741. The number of hydrogen-bond acceptors (Lipinski definition) is 2. The molecule has 1 aromatic rings. The number of halogens is 1. The van der Waals surface area contributed by atoms with Gasteiger partial charge < -0.3 is 10.1 Å². The van der Waals surface area contributed by atoms with E-state index in [0.717, 1.165) is 50.0 Å². The summed E-state index contributed by atoms with van der Waals surface area (Å²) in [6.07, 6.45) is 5.71. The van der Waals surface area contributed by atoms with E-state index in [1.54, 1.807) is 6.07 Å². The van der Waals surface area contributed by atoms with Gasteiger partial charge in [0.1, 0.15) is 5.82 Å². The first-order chi connectivity index (χ1) is 9.70. The van der Waals surface area contributed by atoms with E-state index in [1.807, 2.05) is 13.0 Å². The van der Waals surface area contributed by atoms with Gasteiger partial charge in [-0.05, 0) is 68.8 Å². The third-order valence-electron chi connectivity index (χ3n) is 4.07. The molecular formula is C17H26FNO. The minimum absolute atomic E-state index is 0.149. The maximum Gasteiger partial charge on any atom is 0.123 e. The van der Waals surface area contributed by atoms with Crippen LogP contribution >= 0.6 is 0 Å². The normalized spacial score (nSPS) is 20.9. The minimum atomic E-state index is -0.149. The Hall–Kier alpha value is -0.930. The van der Waals surface area contributed by atoms with Gasteiger partial charge in [0.2, 0.25) is 0 Å². The van der Waals surface area contributed by atoms with Crippen molar-refractivity contribution in [2.45, 2.75) is 58.1 Å². The van der Waals surface area contributed by atoms with E-state index in [-0.39, 0.29) is 18.0 Å². The lowest BCUT2D eigenvalue weighted by Gasteiger charge is -2.31. The predicted octanol–water partition coefficient (Wildman–Crippen LogP) is 3.61. The summed E-state index contributed by atoms with van der Waals surface area (Å²) in [5, 5.41) is 3.59. The van der Waals surface area contributed by atoms with Crippen LogP contribution in [0.25, 0.3) is 0 Å². The summed E-state index contributed by atoms with van der Waals surface area (Å²) in [5.74, 6) is -0.149. The molecule has 2 rings (SSSR count). The second-order valence-electron chi connectivity index (χ2n) is 5.74. The summed E-state index contributed by atoms with van der Waals surface area (Å²) in [6.45, 7) is 6.06. The van der Waals surface area contributed by atoms with Gasteiger partial charge in [0.05, 0.1) is 6.10 Å². The highest BCUT2D eigenvalue weighted by Gasteiger charge is 2.24. The fourth-order valence-corrected chi connectivity index (χ4v) is 2.84. The van der Waals surface area contributed by atoms with E-state index in [1.165, 1.54) is 12.5 Å². The van der Waals surface area contributed by atoms with Crippen molar-refractivity contribution in [3.63, 3.8) is 0 Å². The molecule has 3 heteroatoms. The fraction of sp³-hybridized carbons (Fsp3) is 0.647. The van der Waals surface area contributed by atoms with E-state index < -0.39 is 0 Å². The van der Waals surface area contributed by atoms with Gasteiger partial charge in [-0.25, -0.2) is 4.39 Å². The Labute approximate surface area is 121 Å². The Balaban J connectivity index is 2.07. The lowest BCUT2D eigenvalue weighted by Crippen LogP contribution is -2.44. The van der Waals surface area contributed by atoms with Crippen LogP contribution in [0, 0.1) is 12.7 Å². The topological polar surface area (TPSA) is 21.3 Å². The third-order valence-corrected chi connectivity index (χ3v) is 4.07. The number of benzene rings is 1. The van der Waals surface area contributed by atoms with Gasteiger partial charge in [0.15, 0.2) is 0 Å². The van der Waals surface area contributed by atoms with Crippen LogP contribution in [0.3, 0.4) is 0 Å². The van der Waals surface area contributed by atoms with Gasteiger partial charge in [-0.15, -0.1) is 0 Å². The van der Waals surface area contributed by atoms with Crippen molar-refractivity contribution >= 4 is 0 Å². The molecule has 112 valence electrons. The monoisotopic (exact) mass is 279 g/mol. The first-order valence-electron chi connectivity index (χ1n) is 7.80. The Morgan fingerprint density at radius 2 is 2.25 bits per heavy atom. The van der Waals surface area contributed by atoms with E-state index in [9.17, 15) is 4.39 Å². The fourth-order valence-electron chi connectivity index (χ4n) is 2.84. The maximum absolute atomic E-state index is 13.4. The quantitative estimate of drug-likeness (QED) is 0.859. The summed E-state index contributed by atoms with van der Waals surface area (Å²) >= 11 is 0. The van der Waals surface area contributed by atoms with E-state index in [4.69, 9.17) is 4.74 Å². The van der Waals surface area contributed by atoms with Crippen molar-refractivity contribution in [1.29, 1.82) is 0 Å². The largest absolute Gasteiger partial charge is 0.377 e. The molecule has 2 nitrogen and oxygen atoms in total. The second-order valence-corrected chi connectivity index (χ2v) is 5.74. The van der Waals surface area contributed by atoms with Gasteiger partial charge in [0, 0.05) is 12.6 Å². The standard InChI is InChI=1S/C17H26FNO/c1-3-9-19-16(17-6-4-5-10-20-17)12-14-11-15(18)8-7-13(14)2/h7-8,11,16-17,19H,3-6,9-10,12H2,1-2H3. The molecule has 0 bridgehead atoms. The molecule has 1 saturated heterocycles. The van der Waals surface area contributed by atoms with Crippen LogP contribution in [0.5, 0.6) is 0 Å². The zero-order valence-electron chi connectivity index (χ0n) is 12.6. The summed E-state index contributed by atoms with van der Waals surface area (Å²) in [6, 6.07) is 5.35. The number of ether oxygens (including phenoxy) is 1. The van der Waals surface area contributed by atoms with Crippen LogP contribution in [-0.4, -0.2) is 25.3 Å². The second kappa shape index (κ2) is 7.75. The summed E-state index contributed by atoms with van der Waals surface area (Å²) in [4.78, 5) is 0. The molecule has 0 aliphatic carbocycles. The van der Waals surface area contributed by atoms with Crippen molar-refractivity contribution in [3.05, 3.63) is 35.1 Å². The van der Waals surface area contributed by atoms with Crippen LogP contribution in [-0.2, 0) is 11.2 Å². The van der Waals surface area contributed by atoms with Crippen molar-refractivity contribution in [1.82, 2.24) is 5.32 Å². The van der Waals surface area contributed by atoms with Crippen LogP contribution in [0.15, 0.2) is 18.2 Å². The molecule has 1 N–H and O–H groups in total. The number of rotatable bonds is 6. The Bertz CT molecular complexity index is 415. The molecule has 1 heterocycles. The number of aryl methyl sites for hydroxylation is 1. The molecule has 2 atom stereocenters.